The smallest absolute Gasteiger partial charge is 0.325 e. The van der Waals surface area contributed by atoms with Crippen LogP contribution in [0.3, 0.4) is 0 Å². The van der Waals surface area contributed by atoms with E-state index in [-0.39, 0.29) is 0 Å². The Morgan fingerprint density at radius 2 is 1.96 bits per heavy atom. The van der Waals surface area contributed by atoms with Gasteiger partial charge in [-0.25, -0.2) is 0 Å². The van der Waals surface area contributed by atoms with Crippen LogP contribution in [0.2, 0.25) is 0 Å². The van der Waals surface area contributed by atoms with Gasteiger partial charge in [-0.05, 0) is 17.7 Å². The number of carbonyl (C=O) groups is 1. The lowest BCUT2D eigenvalue weighted by Gasteiger charge is -2.37. The zero-order valence-corrected chi connectivity index (χ0v) is 14.5. The molecule has 2 N–H and O–H groups in total. The van der Waals surface area contributed by atoms with Crippen molar-refractivity contribution in [3.63, 3.8) is 0 Å². The minimum Gasteiger partial charge on any atom is -0.480 e. The van der Waals surface area contributed by atoms with Gasteiger partial charge < -0.3 is 10.1 Å². The molecule has 2 aromatic heterocycles. The molecule has 1 aliphatic heterocycles. The van der Waals surface area contributed by atoms with Crippen LogP contribution in [0.15, 0.2) is 55.0 Å². The third kappa shape index (κ3) is 3.34. The summed E-state index contributed by atoms with van der Waals surface area (Å²) >= 11 is 0. The number of aliphatic carboxylic acids is 1. The molecule has 0 bridgehead atoms. The quantitative estimate of drug-likeness (QED) is 0.740. The average molecular weight is 350 g/mol. The largest absolute Gasteiger partial charge is 0.480 e. The third-order valence-corrected chi connectivity index (χ3v) is 5.05. The van der Waals surface area contributed by atoms with Crippen molar-refractivity contribution in [2.75, 3.05) is 26.2 Å². The molecule has 0 radical (unpaired) electrons. The number of para-hydroxylation sites is 1. The fourth-order valence-corrected chi connectivity index (χ4v) is 3.74. The molecular weight excluding hydrogens is 328 g/mol. The van der Waals surface area contributed by atoms with Crippen LogP contribution in [0.5, 0.6) is 0 Å². The van der Waals surface area contributed by atoms with Crippen molar-refractivity contribution >= 4 is 16.9 Å². The van der Waals surface area contributed by atoms with Crippen LogP contribution in [0, 0.1) is 0 Å². The second-order valence-corrected chi connectivity index (χ2v) is 6.70. The first-order valence-electron chi connectivity index (χ1n) is 8.86. The molecule has 1 aliphatic rings. The van der Waals surface area contributed by atoms with Gasteiger partial charge in [-0.3, -0.25) is 19.6 Å². The standard InChI is InChI=1S/C20H22N4O2/c25-20(26)19(17-13-22-18-6-2-1-5-16(17)18)24-10-8-23(9-11-24)14-15-4-3-7-21-12-15/h1-7,12-13,19,22H,8-11,14H2,(H,25,26)/t19-/m0/s1. The Hall–Kier alpha value is -2.70. The molecule has 1 aromatic carbocycles. The summed E-state index contributed by atoms with van der Waals surface area (Å²) in [6.07, 6.45) is 5.50. The molecule has 134 valence electrons. The van der Waals surface area contributed by atoms with Gasteiger partial charge in [0.1, 0.15) is 6.04 Å². The average Bonchev–Trinajstić information content (AvgIpc) is 3.08. The third-order valence-electron chi connectivity index (χ3n) is 5.05. The molecule has 1 fully saturated rings. The van der Waals surface area contributed by atoms with Gasteiger partial charge in [0.15, 0.2) is 0 Å². The number of hydrogen-bond acceptors (Lipinski definition) is 4. The first-order chi connectivity index (χ1) is 12.7. The Morgan fingerprint density at radius 3 is 2.69 bits per heavy atom. The summed E-state index contributed by atoms with van der Waals surface area (Å²) in [5.41, 5.74) is 3.00. The van der Waals surface area contributed by atoms with Crippen LogP contribution in [-0.4, -0.2) is 57.0 Å². The van der Waals surface area contributed by atoms with Gasteiger partial charge in [0, 0.05) is 67.8 Å². The van der Waals surface area contributed by atoms with E-state index in [1.54, 1.807) is 6.20 Å². The Morgan fingerprint density at radius 1 is 1.15 bits per heavy atom. The summed E-state index contributed by atoms with van der Waals surface area (Å²) < 4.78 is 0. The molecule has 6 heteroatoms. The summed E-state index contributed by atoms with van der Waals surface area (Å²) in [7, 11) is 0. The van der Waals surface area contributed by atoms with E-state index in [9.17, 15) is 9.90 Å². The summed E-state index contributed by atoms with van der Waals surface area (Å²) in [4.78, 5) is 23.8. The van der Waals surface area contributed by atoms with E-state index in [4.69, 9.17) is 0 Å². The van der Waals surface area contributed by atoms with Crippen LogP contribution in [0.4, 0.5) is 0 Å². The first-order valence-corrected chi connectivity index (χ1v) is 8.86. The molecule has 1 saturated heterocycles. The zero-order valence-electron chi connectivity index (χ0n) is 14.5. The van der Waals surface area contributed by atoms with E-state index in [0.29, 0.717) is 0 Å². The SMILES string of the molecule is O=C(O)[C@H](c1c[nH]c2ccccc12)N1CCN(Cc2cccnc2)CC1. The summed E-state index contributed by atoms with van der Waals surface area (Å²) in [5, 5.41) is 10.9. The number of nitrogens with zero attached hydrogens (tertiary/aromatic N) is 3. The minimum atomic E-state index is -0.796. The monoisotopic (exact) mass is 350 g/mol. The second kappa shape index (κ2) is 7.27. The Labute approximate surface area is 152 Å². The highest BCUT2D eigenvalue weighted by molar-refractivity contribution is 5.89. The lowest BCUT2D eigenvalue weighted by atomic mass is 10.0. The van der Waals surface area contributed by atoms with Crippen molar-refractivity contribution < 1.29 is 9.90 Å². The number of aromatic nitrogens is 2. The van der Waals surface area contributed by atoms with Gasteiger partial charge in [-0.1, -0.05) is 24.3 Å². The van der Waals surface area contributed by atoms with Gasteiger partial charge in [-0.15, -0.1) is 0 Å². The van der Waals surface area contributed by atoms with Crippen molar-refractivity contribution in [1.82, 2.24) is 19.8 Å². The highest BCUT2D eigenvalue weighted by atomic mass is 16.4. The van der Waals surface area contributed by atoms with Gasteiger partial charge in [-0.2, -0.15) is 0 Å². The minimum absolute atomic E-state index is 0.619. The van der Waals surface area contributed by atoms with Crippen molar-refractivity contribution in [1.29, 1.82) is 0 Å². The fourth-order valence-electron chi connectivity index (χ4n) is 3.74. The molecule has 6 nitrogen and oxygen atoms in total. The molecule has 0 saturated carbocycles. The predicted molar refractivity (Wildman–Crippen MR) is 99.8 cm³/mol. The molecule has 26 heavy (non-hydrogen) atoms. The first kappa shape index (κ1) is 16.8. The molecule has 0 aliphatic carbocycles. The van der Waals surface area contributed by atoms with Gasteiger partial charge in [0.2, 0.25) is 0 Å². The number of benzene rings is 1. The van der Waals surface area contributed by atoms with Crippen LogP contribution in [0.1, 0.15) is 17.2 Å². The van der Waals surface area contributed by atoms with E-state index in [2.05, 4.69) is 25.8 Å². The van der Waals surface area contributed by atoms with Crippen molar-refractivity contribution in [3.05, 3.63) is 66.1 Å². The van der Waals surface area contributed by atoms with Crippen molar-refractivity contribution in [2.45, 2.75) is 12.6 Å². The molecule has 0 unspecified atom stereocenters. The van der Waals surface area contributed by atoms with Gasteiger partial charge >= 0.3 is 5.97 Å². The fraction of sp³-hybridized carbons (Fsp3) is 0.300. The number of hydrogen-bond donors (Lipinski definition) is 2. The van der Waals surface area contributed by atoms with E-state index in [1.165, 1.54) is 5.56 Å². The molecule has 3 aromatic rings. The van der Waals surface area contributed by atoms with Crippen LogP contribution >= 0.6 is 0 Å². The lowest BCUT2D eigenvalue weighted by molar-refractivity contribution is -0.144. The number of aromatic amines is 1. The maximum absolute atomic E-state index is 12.0. The Balaban J connectivity index is 1.48. The highest BCUT2D eigenvalue weighted by Gasteiger charge is 2.32. The molecule has 1 atom stereocenters. The number of rotatable bonds is 5. The van der Waals surface area contributed by atoms with Gasteiger partial charge in [0.25, 0.3) is 0 Å². The number of carboxylic acid groups (broad SMARTS) is 1. The summed E-state index contributed by atoms with van der Waals surface area (Å²) in [6, 6.07) is 11.3. The summed E-state index contributed by atoms with van der Waals surface area (Å²) in [5.74, 6) is -0.796. The van der Waals surface area contributed by atoms with Crippen LogP contribution in [-0.2, 0) is 11.3 Å². The number of carboxylic acids is 1. The number of pyridine rings is 1. The number of H-pyrrole nitrogens is 1. The second-order valence-electron chi connectivity index (χ2n) is 6.70. The molecule has 4 rings (SSSR count). The van der Waals surface area contributed by atoms with E-state index in [0.717, 1.165) is 49.2 Å². The van der Waals surface area contributed by atoms with E-state index in [1.807, 2.05) is 42.7 Å². The number of nitrogens with one attached hydrogen (secondary N) is 1. The van der Waals surface area contributed by atoms with Crippen LogP contribution in [0.25, 0.3) is 10.9 Å². The molecule has 0 amide bonds. The number of piperazine rings is 1. The Kier molecular flexibility index (Phi) is 4.69. The van der Waals surface area contributed by atoms with Crippen molar-refractivity contribution in [2.24, 2.45) is 0 Å². The molecule has 0 spiro atoms. The predicted octanol–water partition coefficient (Wildman–Crippen LogP) is 2.51. The number of fused-ring (bicyclic) bond motifs is 1. The van der Waals surface area contributed by atoms with Gasteiger partial charge in [0.05, 0.1) is 0 Å². The maximum atomic E-state index is 12.0. The van der Waals surface area contributed by atoms with E-state index < -0.39 is 12.0 Å². The van der Waals surface area contributed by atoms with Crippen molar-refractivity contribution in [3.8, 4) is 0 Å². The summed E-state index contributed by atoms with van der Waals surface area (Å²) in [6.45, 7) is 4.02. The lowest BCUT2D eigenvalue weighted by Crippen LogP contribution is -2.48. The van der Waals surface area contributed by atoms with E-state index >= 15 is 0 Å². The zero-order chi connectivity index (χ0) is 17.9. The molecule has 3 heterocycles. The highest BCUT2D eigenvalue weighted by Crippen LogP contribution is 2.29. The maximum Gasteiger partial charge on any atom is 0.325 e. The van der Waals surface area contributed by atoms with Crippen LogP contribution < -0.4 is 0 Å². The normalized spacial score (nSPS) is 17.4. The molecular formula is C20H22N4O2. The Bertz CT molecular complexity index is 885. The topological polar surface area (TPSA) is 72.5 Å².